The van der Waals surface area contributed by atoms with Gasteiger partial charge < -0.3 is 0 Å². The number of halogens is 1. The van der Waals surface area contributed by atoms with Gasteiger partial charge in [-0.2, -0.15) is 0 Å². The zero-order valence-electron chi connectivity index (χ0n) is 7.08. The molecule has 1 rings (SSSR count). The van der Waals surface area contributed by atoms with Crippen LogP contribution in [-0.4, -0.2) is 10.9 Å². The average Bonchev–Trinajstić information content (AvgIpc) is 2.08. The number of carbonyl (C=O) groups excluding carboxylic acids is 1. The lowest BCUT2D eigenvalue weighted by molar-refractivity contribution is -0.132. The van der Waals surface area contributed by atoms with Crippen LogP contribution in [0.4, 0.5) is 0 Å². The fraction of sp³-hybridized carbons (Fsp3) is 0.250. The minimum atomic E-state index is -0.245. The number of nitrogens with zero attached hydrogens (tertiary/aromatic N) is 1. The second kappa shape index (κ2) is 4.79. The Morgan fingerprint density at radius 2 is 2.54 bits per heavy atom. The molecule has 1 amide bonds. The molecular weight excluding hydrogens is 192 g/mol. The van der Waals surface area contributed by atoms with E-state index in [0.29, 0.717) is 5.02 Å². The van der Waals surface area contributed by atoms with Crippen molar-refractivity contribution in [2.45, 2.75) is 13.5 Å². The summed E-state index contributed by atoms with van der Waals surface area (Å²) >= 11 is 5.78. The number of hydrogen-bond donors (Lipinski definition) is 1. The van der Waals surface area contributed by atoms with E-state index < -0.39 is 0 Å². The number of pyridine rings is 1. The first kappa shape index (κ1) is 9.95. The molecule has 0 unspecified atom stereocenters. The van der Waals surface area contributed by atoms with Gasteiger partial charge in [0, 0.05) is 24.9 Å². The first-order chi connectivity index (χ1) is 6.20. The number of carbonyl (C=O) groups is 1. The predicted molar refractivity (Wildman–Crippen MR) is 47.9 cm³/mol. The second-order valence-corrected chi connectivity index (χ2v) is 2.82. The summed E-state index contributed by atoms with van der Waals surface area (Å²) in [6.07, 6.45) is 3.13. The first-order valence-corrected chi connectivity index (χ1v) is 4.04. The number of nitrogens with one attached hydrogen (secondary N) is 1. The number of hydroxylamine groups is 1. The Balaban J connectivity index is 2.45. The molecule has 0 aliphatic heterocycles. The Labute approximate surface area is 80.8 Å². The smallest absolute Gasteiger partial charge is 0.240 e. The van der Waals surface area contributed by atoms with Crippen LogP contribution in [0.1, 0.15) is 12.5 Å². The summed E-state index contributed by atoms with van der Waals surface area (Å²) in [4.78, 5) is 19.1. The van der Waals surface area contributed by atoms with Crippen LogP contribution in [0.2, 0.25) is 5.02 Å². The molecule has 13 heavy (non-hydrogen) atoms. The van der Waals surface area contributed by atoms with Crippen LogP contribution < -0.4 is 5.48 Å². The van der Waals surface area contributed by atoms with E-state index in [1.807, 2.05) is 0 Å². The van der Waals surface area contributed by atoms with E-state index >= 15 is 0 Å². The molecule has 0 fully saturated rings. The highest BCUT2D eigenvalue weighted by Crippen LogP contribution is 2.13. The Hall–Kier alpha value is -1.13. The van der Waals surface area contributed by atoms with E-state index in [4.69, 9.17) is 16.4 Å². The van der Waals surface area contributed by atoms with Crippen molar-refractivity contribution in [3.05, 3.63) is 29.0 Å². The molecular formula is C8H9ClN2O2. The van der Waals surface area contributed by atoms with Crippen molar-refractivity contribution in [3.8, 4) is 0 Å². The number of rotatable bonds is 3. The molecule has 0 aliphatic rings. The van der Waals surface area contributed by atoms with Crippen molar-refractivity contribution in [1.29, 1.82) is 0 Å². The number of hydrogen-bond acceptors (Lipinski definition) is 3. The fourth-order valence-corrected chi connectivity index (χ4v) is 0.910. The van der Waals surface area contributed by atoms with Crippen molar-refractivity contribution in [3.63, 3.8) is 0 Å². The van der Waals surface area contributed by atoms with E-state index in [1.165, 1.54) is 13.1 Å². The lowest BCUT2D eigenvalue weighted by atomic mass is 10.3. The van der Waals surface area contributed by atoms with Crippen molar-refractivity contribution in [2.24, 2.45) is 0 Å². The maximum atomic E-state index is 10.4. The van der Waals surface area contributed by atoms with Crippen molar-refractivity contribution in [1.82, 2.24) is 10.5 Å². The van der Waals surface area contributed by atoms with Crippen LogP contribution >= 0.6 is 11.6 Å². The monoisotopic (exact) mass is 200 g/mol. The molecule has 0 spiro atoms. The maximum Gasteiger partial charge on any atom is 0.240 e. The van der Waals surface area contributed by atoms with Gasteiger partial charge in [0.05, 0.1) is 5.02 Å². The molecule has 0 saturated heterocycles. The Morgan fingerprint density at radius 3 is 3.15 bits per heavy atom. The molecule has 70 valence electrons. The minimum absolute atomic E-state index is 0.237. The summed E-state index contributed by atoms with van der Waals surface area (Å²) in [6, 6.07) is 1.73. The molecule has 0 aliphatic carbocycles. The average molecular weight is 201 g/mol. The molecule has 0 saturated carbocycles. The highest BCUT2D eigenvalue weighted by molar-refractivity contribution is 6.31. The van der Waals surface area contributed by atoms with Gasteiger partial charge >= 0.3 is 0 Å². The van der Waals surface area contributed by atoms with E-state index in [2.05, 4.69) is 10.5 Å². The zero-order chi connectivity index (χ0) is 9.68. The van der Waals surface area contributed by atoms with Crippen LogP contribution in [0.15, 0.2) is 18.5 Å². The van der Waals surface area contributed by atoms with Gasteiger partial charge in [-0.15, -0.1) is 0 Å². The standard InChI is InChI=1S/C8H9ClN2O2/c1-6(12)11-13-5-7-2-3-10-4-8(7)9/h2-4H,5H2,1H3,(H,11,12). The van der Waals surface area contributed by atoms with Gasteiger partial charge in [-0.05, 0) is 6.07 Å². The molecule has 4 nitrogen and oxygen atoms in total. The van der Waals surface area contributed by atoms with Gasteiger partial charge in [-0.3, -0.25) is 14.6 Å². The second-order valence-electron chi connectivity index (χ2n) is 2.41. The van der Waals surface area contributed by atoms with Gasteiger partial charge in [-0.25, -0.2) is 5.48 Å². The SMILES string of the molecule is CC(=O)NOCc1ccncc1Cl. The lowest BCUT2D eigenvalue weighted by Gasteiger charge is -2.04. The zero-order valence-corrected chi connectivity index (χ0v) is 7.84. The molecule has 0 radical (unpaired) electrons. The van der Waals surface area contributed by atoms with E-state index in [-0.39, 0.29) is 12.5 Å². The highest BCUT2D eigenvalue weighted by atomic mass is 35.5. The van der Waals surface area contributed by atoms with Crippen molar-refractivity contribution >= 4 is 17.5 Å². The quantitative estimate of drug-likeness (QED) is 0.749. The van der Waals surface area contributed by atoms with Gasteiger partial charge in [-0.1, -0.05) is 11.6 Å². The third-order valence-corrected chi connectivity index (χ3v) is 1.64. The predicted octanol–water partition coefficient (Wildman–Crippen LogP) is 1.30. The molecule has 1 aromatic rings. The molecule has 0 bridgehead atoms. The van der Waals surface area contributed by atoms with Crippen LogP contribution in [0, 0.1) is 0 Å². The van der Waals surface area contributed by atoms with E-state index in [1.54, 1.807) is 12.3 Å². The lowest BCUT2D eigenvalue weighted by Crippen LogP contribution is -2.19. The van der Waals surface area contributed by atoms with E-state index in [0.717, 1.165) is 5.56 Å². The van der Waals surface area contributed by atoms with Crippen LogP contribution in [0.5, 0.6) is 0 Å². The molecule has 0 atom stereocenters. The molecule has 5 heteroatoms. The van der Waals surface area contributed by atoms with Gasteiger partial charge in [0.25, 0.3) is 0 Å². The Morgan fingerprint density at radius 1 is 1.77 bits per heavy atom. The van der Waals surface area contributed by atoms with Crippen LogP contribution in [0.25, 0.3) is 0 Å². The van der Waals surface area contributed by atoms with Crippen molar-refractivity contribution in [2.75, 3.05) is 0 Å². The summed E-state index contributed by atoms with van der Waals surface area (Å²) in [5.41, 5.74) is 2.99. The van der Waals surface area contributed by atoms with Crippen LogP contribution in [-0.2, 0) is 16.2 Å². The number of aromatic nitrogens is 1. The Kier molecular flexibility index (Phi) is 3.67. The largest absolute Gasteiger partial charge is 0.273 e. The Bertz CT molecular complexity index is 304. The summed E-state index contributed by atoms with van der Waals surface area (Å²) in [7, 11) is 0. The summed E-state index contributed by atoms with van der Waals surface area (Å²) in [6.45, 7) is 1.61. The van der Waals surface area contributed by atoms with Crippen molar-refractivity contribution < 1.29 is 9.63 Å². The molecule has 1 N–H and O–H groups in total. The molecule has 0 aromatic carbocycles. The summed E-state index contributed by atoms with van der Waals surface area (Å²) < 4.78 is 0. The molecule has 1 heterocycles. The van der Waals surface area contributed by atoms with Crippen LogP contribution in [0.3, 0.4) is 0 Å². The van der Waals surface area contributed by atoms with Gasteiger partial charge in [0.1, 0.15) is 6.61 Å². The maximum absolute atomic E-state index is 10.4. The van der Waals surface area contributed by atoms with E-state index in [9.17, 15) is 4.79 Å². The van der Waals surface area contributed by atoms with Gasteiger partial charge in [0.2, 0.25) is 5.91 Å². The first-order valence-electron chi connectivity index (χ1n) is 3.67. The summed E-state index contributed by atoms with van der Waals surface area (Å²) in [5.74, 6) is -0.245. The topological polar surface area (TPSA) is 51.2 Å². The summed E-state index contributed by atoms with van der Waals surface area (Å²) in [5, 5.41) is 0.521. The molecule has 1 aromatic heterocycles. The normalized spacial score (nSPS) is 9.69. The third-order valence-electron chi connectivity index (χ3n) is 1.30. The number of amides is 1. The minimum Gasteiger partial charge on any atom is -0.273 e. The highest BCUT2D eigenvalue weighted by Gasteiger charge is 1.99. The third kappa shape index (κ3) is 3.40. The van der Waals surface area contributed by atoms with Gasteiger partial charge in [0.15, 0.2) is 0 Å². The fourth-order valence-electron chi connectivity index (χ4n) is 0.737.